The Morgan fingerprint density at radius 1 is 1.35 bits per heavy atom. The number of hydrogen-bond donors (Lipinski definition) is 1. The fourth-order valence-electron chi connectivity index (χ4n) is 2.07. The molecule has 0 fully saturated rings. The first kappa shape index (κ1) is 14.2. The highest BCUT2D eigenvalue weighted by molar-refractivity contribution is 5.88. The van der Waals surface area contributed by atoms with Gasteiger partial charge in [-0.1, -0.05) is 6.92 Å². The average Bonchev–Trinajstić information content (AvgIpc) is 2.81. The summed E-state index contributed by atoms with van der Waals surface area (Å²) in [7, 11) is 1.77. The lowest BCUT2D eigenvalue weighted by Gasteiger charge is -2.20. The second-order valence-electron chi connectivity index (χ2n) is 4.59. The molecule has 20 heavy (non-hydrogen) atoms. The van der Waals surface area contributed by atoms with Crippen LogP contribution in [0.5, 0.6) is 0 Å². The molecule has 0 saturated carbocycles. The Labute approximate surface area is 117 Å². The molecule has 2 aromatic heterocycles. The van der Waals surface area contributed by atoms with E-state index < -0.39 is 5.97 Å². The van der Waals surface area contributed by atoms with Crippen LogP contribution in [-0.4, -0.2) is 37.3 Å². The van der Waals surface area contributed by atoms with Crippen molar-refractivity contribution in [3.8, 4) is 0 Å². The third kappa shape index (κ3) is 3.21. The number of pyridine rings is 1. The number of rotatable bonds is 6. The van der Waals surface area contributed by atoms with Crippen molar-refractivity contribution in [1.82, 2.24) is 19.7 Å². The molecule has 2 heterocycles. The molecule has 0 radical (unpaired) electrons. The van der Waals surface area contributed by atoms with E-state index in [2.05, 4.69) is 21.9 Å². The van der Waals surface area contributed by atoms with E-state index in [0.29, 0.717) is 12.2 Å². The van der Waals surface area contributed by atoms with Gasteiger partial charge in [0.25, 0.3) is 0 Å². The van der Waals surface area contributed by atoms with Crippen LogP contribution in [0, 0.1) is 0 Å². The average molecular weight is 274 g/mol. The SMILES string of the molecule is CCN(Cc1ccncc1)Cc1c(C(=O)O)cnn1C. The van der Waals surface area contributed by atoms with E-state index in [1.165, 1.54) is 6.20 Å². The molecule has 6 nitrogen and oxygen atoms in total. The minimum atomic E-state index is -0.937. The van der Waals surface area contributed by atoms with Crippen molar-refractivity contribution >= 4 is 5.97 Å². The van der Waals surface area contributed by atoms with Crippen LogP contribution in [0.2, 0.25) is 0 Å². The molecule has 0 saturated heterocycles. The van der Waals surface area contributed by atoms with E-state index in [-0.39, 0.29) is 5.56 Å². The number of aromatic nitrogens is 3. The highest BCUT2D eigenvalue weighted by Gasteiger charge is 2.17. The fraction of sp³-hybridized carbons (Fsp3) is 0.357. The van der Waals surface area contributed by atoms with Crippen molar-refractivity contribution in [3.05, 3.63) is 47.5 Å². The maximum atomic E-state index is 11.2. The van der Waals surface area contributed by atoms with Crippen LogP contribution in [0.1, 0.15) is 28.5 Å². The van der Waals surface area contributed by atoms with Crippen molar-refractivity contribution in [1.29, 1.82) is 0 Å². The normalized spacial score (nSPS) is 10.9. The van der Waals surface area contributed by atoms with Crippen LogP contribution in [0.15, 0.2) is 30.7 Å². The topological polar surface area (TPSA) is 71.2 Å². The first-order chi connectivity index (χ1) is 9.61. The lowest BCUT2D eigenvalue weighted by atomic mass is 10.2. The van der Waals surface area contributed by atoms with Gasteiger partial charge in [0.15, 0.2) is 0 Å². The molecule has 1 N–H and O–H groups in total. The van der Waals surface area contributed by atoms with Crippen LogP contribution in [0.3, 0.4) is 0 Å². The standard InChI is InChI=1S/C14H18N4O2/c1-3-18(9-11-4-6-15-7-5-11)10-13-12(14(19)20)8-16-17(13)2/h4-8H,3,9-10H2,1-2H3,(H,19,20). The van der Waals surface area contributed by atoms with Gasteiger partial charge >= 0.3 is 5.97 Å². The van der Waals surface area contributed by atoms with Crippen molar-refractivity contribution in [2.45, 2.75) is 20.0 Å². The summed E-state index contributed by atoms with van der Waals surface area (Å²) in [4.78, 5) is 17.3. The summed E-state index contributed by atoms with van der Waals surface area (Å²) in [6.45, 7) is 4.19. The maximum Gasteiger partial charge on any atom is 0.339 e. The number of carboxylic acid groups (broad SMARTS) is 1. The first-order valence-corrected chi connectivity index (χ1v) is 6.47. The van der Waals surface area contributed by atoms with E-state index in [4.69, 9.17) is 0 Å². The van der Waals surface area contributed by atoms with E-state index >= 15 is 0 Å². The molecule has 6 heteroatoms. The zero-order valence-corrected chi connectivity index (χ0v) is 11.7. The minimum Gasteiger partial charge on any atom is -0.478 e. The van der Waals surface area contributed by atoms with Gasteiger partial charge < -0.3 is 5.11 Å². The molecule has 2 aromatic rings. The Hall–Kier alpha value is -2.21. The zero-order valence-electron chi connectivity index (χ0n) is 11.7. The molecule has 0 amide bonds. The van der Waals surface area contributed by atoms with Gasteiger partial charge in [0.2, 0.25) is 0 Å². The van der Waals surface area contributed by atoms with Gasteiger partial charge in [-0.2, -0.15) is 5.10 Å². The Morgan fingerprint density at radius 3 is 2.65 bits per heavy atom. The number of hydrogen-bond acceptors (Lipinski definition) is 4. The van der Waals surface area contributed by atoms with Crippen LogP contribution < -0.4 is 0 Å². The Morgan fingerprint density at radius 2 is 2.05 bits per heavy atom. The summed E-state index contributed by atoms with van der Waals surface area (Å²) in [5.74, 6) is -0.937. The quantitative estimate of drug-likeness (QED) is 0.865. The number of carboxylic acids is 1. The van der Waals surface area contributed by atoms with Crippen molar-refractivity contribution < 1.29 is 9.90 Å². The molecular formula is C14H18N4O2. The lowest BCUT2D eigenvalue weighted by Crippen LogP contribution is -2.24. The third-order valence-corrected chi connectivity index (χ3v) is 3.27. The summed E-state index contributed by atoms with van der Waals surface area (Å²) in [6, 6.07) is 3.92. The molecule has 106 valence electrons. The van der Waals surface area contributed by atoms with Crippen molar-refractivity contribution in [2.24, 2.45) is 7.05 Å². The Kier molecular flexibility index (Phi) is 4.47. The first-order valence-electron chi connectivity index (χ1n) is 6.47. The van der Waals surface area contributed by atoms with Crippen LogP contribution in [-0.2, 0) is 20.1 Å². The van der Waals surface area contributed by atoms with E-state index in [1.807, 2.05) is 12.1 Å². The smallest absolute Gasteiger partial charge is 0.339 e. The van der Waals surface area contributed by atoms with Gasteiger partial charge in [0.1, 0.15) is 5.56 Å². The molecule has 0 aliphatic carbocycles. The lowest BCUT2D eigenvalue weighted by molar-refractivity contribution is 0.0694. The van der Waals surface area contributed by atoms with Gasteiger partial charge in [-0.25, -0.2) is 4.79 Å². The van der Waals surface area contributed by atoms with E-state index in [0.717, 1.165) is 18.7 Å². The maximum absolute atomic E-state index is 11.2. The highest BCUT2D eigenvalue weighted by atomic mass is 16.4. The number of aromatic carboxylic acids is 1. The minimum absolute atomic E-state index is 0.265. The summed E-state index contributed by atoms with van der Waals surface area (Å²) in [6.07, 6.45) is 4.92. The molecular weight excluding hydrogens is 256 g/mol. The predicted octanol–water partition coefficient (Wildman–Crippen LogP) is 1.54. The number of nitrogens with zero attached hydrogens (tertiary/aromatic N) is 4. The summed E-state index contributed by atoms with van der Waals surface area (Å²) in [5.41, 5.74) is 2.13. The molecule has 0 bridgehead atoms. The second-order valence-corrected chi connectivity index (χ2v) is 4.59. The van der Waals surface area contributed by atoms with E-state index in [1.54, 1.807) is 24.1 Å². The van der Waals surface area contributed by atoms with Gasteiger partial charge in [-0.05, 0) is 24.2 Å². The monoisotopic (exact) mass is 274 g/mol. The number of aryl methyl sites for hydroxylation is 1. The molecule has 0 aromatic carbocycles. The zero-order chi connectivity index (χ0) is 14.5. The highest BCUT2D eigenvalue weighted by Crippen LogP contribution is 2.13. The van der Waals surface area contributed by atoms with Crippen molar-refractivity contribution in [2.75, 3.05) is 6.54 Å². The largest absolute Gasteiger partial charge is 0.478 e. The molecule has 0 unspecified atom stereocenters. The Balaban J connectivity index is 2.14. The van der Waals surface area contributed by atoms with Gasteiger partial charge in [0, 0.05) is 32.5 Å². The van der Waals surface area contributed by atoms with Crippen molar-refractivity contribution in [3.63, 3.8) is 0 Å². The summed E-state index contributed by atoms with van der Waals surface area (Å²) < 4.78 is 1.62. The van der Waals surface area contributed by atoms with Crippen LogP contribution in [0.4, 0.5) is 0 Å². The van der Waals surface area contributed by atoms with Crippen LogP contribution >= 0.6 is 0 Å². The van der Waals surface area contributed by atoms with Gasteiger partial charge in [-0.3, -0.25) is 14.6 Å². The molecule has 0 aliphatic rings. The molecule has 0 atom stereocenters. The van der Waals surface area contributed by atoms with Gasteiger partial charge in [-0.15, -0.1) is 0 Å². The summed E-state index contributed by atoms with van der Waals surface area (Å²) in [5, 5.41) is 13.2. The van der Waals surface area contributed by atoms with E-state index in [9.17, 15) is 9.90 Å². The van der Waals surface area contributed by atoms with Gasteiger partial charge in [0.05, 0.1) is 11.9 Å². The summed E-state index contributed by atoms with van der Waals surface area (Å²) >= 11 is 0. The molecule has 0 spiro atoms. The fourth-order valence-corrected chi connectivity index (χ4v) is 2.07. The molecule has 2 rings (SSSR count). The third-order valence-electron chi connectivity index (χ3n) is 3.27. The predicted molar refractivity (Wildman–Crippen MR) is 74.2 cm³/mol. The van der Waals surface area contributed by atoms with Crippen LogP contribution in [0.25, 0.3) is 0 Å². The number of carbonyl (C=O) groups is 1. The molecule has 0 aliphatic heterocycles. The Bertz CT molecular complexity index is 580. The second kappa shape index (κ2) is 6.29.